The minimum Gasteiger partial charge on any atom is -0.396 e. The summed E-state index contributed by atoms with van der Waals surface area (Å²) in [5, 5.41) is 12.4. The van der Waals surface area contributed by atoms with Crippen LogP contribution < -0.4 is 5.32 Å². The molecule has 0 bridgehead atoms. The van der Waals surface area contributed by atoms with E-state index in [1.54, 1.807) is 30.5 Å². The molecule has 20 heavy (non-hydrogen) atoms. The molecule has 5 heteroatoms. The summed E-state index contributed by atoms with van der Waals surface area (Å²) < 4.78 is 11.3. The van der Waals surface area contributed by atoms with Crippen molar-refractivity contribution in [2.45, 2.75) is 36.6 Å². The molecule has 1 aromatic rings. The largest absolute Gasteiger partial charge is 0.396 e. The van der Waals surface area contributed by atoms with Crippen LogP contribution in [0.25, 0.3) is 0 Å². The molecule has 0 heterocycles. The van der Waals surface area contributed by atoms with Crippen LogP contribution in [0, 0.1) is 5.92 Å². The maximum atomic E-state index is 12.2. The Bertz CT molecular complexity index is 486. The topological polar surface area (TPSA) is 66.4 Å². The van der Waals surface area contributed by atoms with Gasteiger partial charge >= 0.3 is 0 Å². The normalized spacial score (nSPS) is 24.1. The van der Waals surface area contributed by atoms with Crippen molar-refractivity contribution in [2.75, 3.05) is 12.9 Å². The van der Waals surface area contributed by atoms with Gasteiger partial charge in [0, 0.05) is 46.1 Å². The summed E-state index contributed by atoms with van der Waals surface area (Å²) in [6, 6.07) is 6.89. The first-order valence-electron chi connectivity index (χ1n) is 6.97. The quantitative estimate of drug-likeness (QED) is 0.888. The fourth-order valence-corrected chi connectivity index (χ4v) is 3.19. The van der Waals surface area contributed by atoms with Crippen LogP contribution in [0.2, 0.25) is 0 Å². The Hall–Kier alpha value is -1.20. The number of carbonyl (C=O) groups excluding carboxylic acids is 1. The molecule has 1 saturated carbocycles. The fraction of sp³-hybridized carbons (Fsp3) is 0.533. The van der Waals surface area contributed by atoms with E-state index in [2.05, 4.69) is 5.32 Å². The van der Waals surface area contributed by atoms with Gasteiger partial charge in [-0.2, -0.15) is 0 Å². The van der Waals surface area contributed by atoms with Gasteiger partial charge in [0.25, 0.3) is 5.91 Å². The van der Waals surface area contributed by atoms with Crippen molar-refractivity contribution in [1.82, 2.24) is 5.32 Å². The standard InChI is InChI=1S/C15H21NO3S/c1-20(19)13-8-6-11(7-9-13)15(18)16-14-5-3-2-4-12(14)10-17/h6-9,12,14,17H,2-5,10H2,1H3,(H,16,18). The highest BCUT2D eigenvalue weighted by Gasteiger charge is 2.26. The lowest BCUT2D eigenvalue weighted by Crippen LogP contribution is -2.43. The van der Waals surface area contributed by atoms with Gasteiger partial charge in [-0.15, -0.1) is 0 Å². The Balaban J connectivity index is 2.01. The average Bonchev–Trinajstić information content (AvgIpc) is 2.48. The molecule has 110 valence electrons. The third-order valence-corrected chi connectivity index (χ3v) is 4.84. The van der Waals surface area contributed by atoms with E-state index < -0.39 is 10.8 Å². The van der Waals surface area contributed by atoms with E-state index in [-0.39, 0.29) is 24.5 Å². The number of hydrogen-bond donors (Lipinski definition) is 2. The summed E-state index contributed by atoms with van der Waals surface area (Å²) in [5.41, 5.74) is 0.571. The van der Waals surface area contributed by atoms with Crippen molar-refractivity contribution in [3.05, 3.63) is 29.8 Å². The summed E-state index contributed by atoms with van der Waals surface area (Å²) in [7, 11) is -1.03. The molecule has 1 aliphatic rings. The molecule has 3 unspecified atom stereocenters. The predicted octanol–water partition coefficient (Wildman–Crippen LogP) is 1.70. The maximum Gasteiger partial charge on any atom is 0.251 e. The molecule has 1 aliphatic carbocycles. The Morgan fingerprint density at radius 2 is 1.95 bits per heavy atom. The van der Waals surface area contributed by atoms with E-state index in [1.807, 2.05) is 0 Å². The Kier molecular flexibility index (Phi) is 5.31. The maximum absolute atomic E-state index is 12.2. The van der Waals surface area contributed by atoms with E-state index in [9.17, 15) is 14.1 Å². The molecule has 1 fully saturated rings. The molecule has 0 aliphatic heterocycles. The second-order valence-corrected chi connectivity index (χ2v) is 6.67. The number of hydrogen-bond acceptors (Lipinski definition) is 3. The van der Waals surface area contributed by atoms with Gasteiger partial charge in [0.1, 0.15) is 0 Å². The van der Waals surface area contributed by atoms with Crippen molar-refractivity contribution in [3.63, 3.8) is 0 Å². The minimum atomic E-state index is -1.03. The van der Waals surface area contributed by atoms with E-state index in [0.717, 1.165) is 25.7 Å². The Morgan fingerprint density at radius 3 is 2.55 bits per heavy atom. The molecule has 2 rings (SSSR count). The van der Waals surface area contributed by atoms with Crippen molar-refractivity contribution in [1.29, 1.82) is 0 Å². The van der Waals surface area contributed by atoms with Gasteiger partial charge in [0.05, 0.1) is 0 Å². The van der Waals surface area contributed by atoms with Crippen LogP contribution in [0.1, 0.15) is 36.0 Å². The summed E-state index contributed by atoms with van der Waals surface area (Å²) in [5.74, 6) is 0.0407. The van der Waals surface area contributed by atoms with Gasteiger partial charge in [-0.1, -0.05) is 12.8 Å². The summed E-state index contributed by atoms with van der Waals surface area (Å²) in [4.78, 5) is 12.9. The summed E-state index contributed by atoms with van der Waals surface area (Å²) in [6.45, 7) is 0.124. The van der Waals surface area contributed by atoms with E-state index in [1.165, 1.54) is 0 Å². The zero-order valence-corrected chi connectivity index (χ0v) is 12.5. The van der Waals surface area contributed by atoms with E-state index in [0.29, 0.717) is 10.5 Å². The molecule has 3 atom stereocenters. The summed E-state index contributed by atoms with van der Waals surface area (Å²) in [6.07, 6.45) is 5.72. The zero-order valence-electron chi connectivity index (χ0n) is 11.7. The van der Waals surface area contributed by atoms with Crippen LogP contribution in [-0.2, 0) is 10.8 Å². The fourth-order valence-electron chi connectivity index (χ4n) is 2.67. The smallest absolute Gasteiger partial charge is 0.251 e. The molecule has 1 amide bonds. The van der Waals surface area contributed by atoms with Crippen molar-refractivity contribution < 1.29 is 14.1 Å². The molecular formula is C15H21NO3S. The molecule has 1 aromatic carbocycles. The number of amides is 1. The van der Waals surface area contributed by atoms with Crippen LogP contribution in [0.5, 0.6) is 0 Å². The Labute approximate surface area is 122 Å². The molecule has 2 N–H and O–H groups in total. The number of aliphatic hydroxyl groups is 1. The third kappa shape index (κ3) is 3.67. The van der Waals surface area contributed by atoms with Crippen molar-refractivity contribution in [2.24, 2.45) is 5.92 Å². The highest BCUT2D eigenvalue weighted by atomic mass is 32.2. The average molecular weight is 295 g/mol. The van der Waals surface area contributed by atoms with Gasteiger partial charge in [-0.3, -0.25) is 9.00 Å². The van der Waals surface area contributed by atoms with Crippen LogP contribution in [0.15, 0.2) is 29.2 Å². The van der Waals surface area contributed by atoms with Crippen molar-refractivity contribution in [3.8, 4) is 0 Å². The first-order valence-corrected chi connectivity index (χ1v) is 8.53. The molecule has 4 nitrogen and oxygen atoms in total. The summed E-state index contributed by atoms with van der Waals surface area (Å²) >= 11 is 0. The lowest BCUT2D eigenvalue weighted by atomic mass is 9.85. The predicted molar refractivity (Wildman–Crippen MR) is 79.1 cm³/mol. The lowest BCUT2D eigenvalue weighted by molar-refractivity contribution is 0.0872. The van der Waals surface area contributed by atoms with Crippen molar-refractivity contribution >= 4 is 16.7 Å². The SMILES string of the molecule is CS(=O)c1ccc(C(=O)NC2CCCCC2CO)cc1. The Morgan fingerprint density at radius 1 is 1.30 bits per heavy atom. The molecule has 0 aromatic heterocycles. The van der Waals surface area contributed by atoms with Crippen LogP contribution in [-0.4, -0.2) is 34.1 Å². The third-order valence-electron chi connectivity index (χ3n) is 3.91. The highest BCUT2D eigenvalue weighted by Crippen LogP contribution is 2.24. The molecular weight excluding hydrogens is 274 g/mol. The second-order valence-electron chi connectivity index (χ2n) is 5.29. The number of benzene rings is 1. The number of aliphatic hydroxyl groups excluding tert-OH is 1. The zero-order chi connectivity index (χ0) is 14.5. The van der Waals surface area contributed by atoms with Gasteiger partial charge in [-0.25, -0.2) is 0 Å². The van der Waals surface area contributed by atoms with E-state index in [4.69, 9.17) is 0 Å². The minimum absolute atomic E-state index is 0.0567. The van der Waals surface area contributed by atoms with Crippen LogP contribution in [0.3, 0.4) is 0 Å². The monoisotopic (exact) mass is 295 g/mol. The number of nitrogens with one attached hydrogen (secondary N) is 1. The van der Waals surface area contributed by atoms with Gasteiger partial charge in [-0.05, 0) is 37.1 Å². The van der Waals surface area contributed by atoms with Gasteiger partial charge < -0.3 is 10.4 Å². The lowest BCUT2D eigenvalue weighted by Gasteiger charge is -2.30. The van der Waals surface area contributed by atoms with E-state index >= 15 is 0 Å². The van der Waals surface area contributed by atoms with Crippen LogP contribution in [0.4, 0.5) is 0 Å². The van der Waals surface area contributed by atoms with Gasteiger partial charge in [0.15, 0.2) is 0 Å². The first-order chi connectivity index (χ1) is 9.61. The first kappa shape index (κ1) is 15.2. The number of carbonyl (C=O) groups is 1. The second kappa shape index (κ2) is 6.99. The van der Waals surface area contributed by atoms with Crippen LogP contribution >= 0.6 is 0 Å². The van der Waals surface area contributed by atoms with Gasteiger partial charge in [0.2, 0.25) is 0 Å². The highest BCUT2D eigenvalue weighted by molar-refractivity contribution is 7.84. The number of rotatable bonds is 4. The molecule has 0 radical (unpaired) electrons. The molecule has 0 saturated heterocycles. The molecule has 0 spiro atoms.